The summed E-state index contributed by atoms with van der Waals surface area (Å²) in [6, 6.07) is 0.289. The van der Waals surface area contributed by atoms with Crippen molar-refractivity contribution in [3.63, 3.8) is 0 Å². The second-order valence-electron chi connectivity index (χ2n) is 8.26. The standard InChI is InChI=1S/C18H36N4O/c1-13(2)10-18(5,6)12-20-17(19-7)21-15-8-9-22(11-15)16(23)14(3)4/h13-15H,8-12H2,1-7H3,(H2,19,20,21). The Morgan fingerprint density at radius 1 is 1.30 bits per heavy atom. The lowest BCUT2D eigenvalue weighted by Crippen LogP contribution is -2.47. The third kappa shape index (κ3) is 6.80. The number of hydrogen-bond acceptors (Lipinski definition) is 2. The normalized spacial score (nSPS) is 19.6. The van der Waals surface area contributed by atoms with E-state index in [1.165, 1.54) is 6.42 Å². The molecule has 1 saturated heterocycles. The lowest BCUT2D eigenvalue weighted by Gasteiger charge is -2.28. The van der Waals surface area contributed by atoms with Crippen LogP contribution in [0.15, 0.2) is 4.99 Å². The first-order valence-corrected chi connectivity index (χ1v) is 8.90. The number of likely N-dealkylation sites (tertiary alicyclic amines) is 1. The van der Waals surface area contributed by atoms with Crippen molar-refractivity contribution in [2.24, 2.45) is 22.2 Å². The molecule has 1 heterocycles. The second-order valence-corrected chi connectivity index (χ2v) is 8.26. The fraction of sp³-hybridized carbons (Fsp3) is 0.889. The van der Waals surface area contributed by atoms with Gasteiger partial charge in [0.25, 0.3) is 0 Å². The predicted molar refractivity (Wildman–Crippen MR) is 97.6 cm³/mol. The first-order chi connectivity index (χ1) is 10.6. The van der Waals surface area contributed by atoms with E-state index >= 15 is 0 Å². The molecule has 0 spiro atoms. The predicted octanol–water partition coefficient (Wildman–Crippen LogP) is 2.48. The molecular formula is C18H36N4O. The van der Waals surface area contributed by atoms with Gasteiger partial charge in [-0.3, -0.25) is 9.79 Å². The summed E-state index contributed by atoms with van der Waals surface area (Å²) < 4.78 is 0. The number of aliphatic imine (C=N–C) groups is 1. The first-order valence-electron chi connectivity index (χ1n) is 8.90. The lowest BCUT2D eigenvalue weighted by atomic mass is 9.84. The van der Waals surface area contributed by atoms with Gasteiger partial charge < -0.3 is 15.5 Å². The molecule has 0 aromatic carbocycles. The maximum absolute atomic E-state index is 12.1. The van der Waals surface area contributed by atoms with Crippen LogP contribution >= 0.6 is 0 Å². The van der Waals surface area contributed by atoms with Gasteiger partial charge in [-0.15, -0.1) is 0 Å². The van der Waals surface area contributed by atoms with Gasteiger partial charge in [-0.25, -0.2) is 0 Å². The summed E-state index contributed by atoms with van der Waals surface area (Å²) in [5.41, 5.74) is 0.237. The Bertz CT molecular complexity index is 415. The zero-order valence-electron chi connectivity index (χ0n) is 16.1. The number of hydrogen-bond donors (Lipinski definition) is 2. The number of carbonyl (C=O) groups is 1. The molecule has 0 radical (unpaired) electrons. The van der Waals surface area contributed by atoms with Gasteiger partial charge in [-0.2, -0.15) is 0 Å². The highest BCUT2D eigenvalue weighted by molar-refractivity contribution is 5.81. The summed E-state index contributed by atoms with van der Waals surface area (Å²) in [7, 11) is 1.80. The van der Waals surface area contributed by atoms with Gasteiger partial charge in [0.2, 0.25) is 5.91 Å². The molecule has 5 heteroatoms. The molecule has 1 aliphatic heterocycles. The van der Waals surface area contributed by atoms with Gasteiger partial charge >= 0.3 is 0 Å². The van der Waals surface area contributed by atoms with E-state index in [-0.39, 0.29) is 23.3 Å². The minimum atomic E-state index is 0.0722. The minimum Gasteiger partial charge on any atom is -0.356 e. The summed E-state index contributed by atoms with van der Waals surface area (Å²) in [6.45, 7) is 15.5. The van der Waals surface area contributed by atoms with Crippen LogP contribution in [0, 0.1) is 17.3 Å². The van der Waals surface area contributed by atoms with Crippen LogP contribution in [0.1, 0.15) is 54.4 Å². The smallest absolute Gasteiger partial charge is 0.225 e. The van der Waals surface area contributed by atoms with E-state index in [4.69, 9.17) is 0 Å². The molecule has 134 valence electrons. The highest BCUT2D eigenvalue weighted by Crippen LogP contribution is 2.24. The van der Waals surface area contributed by atoms with Gasteiger partial charge in [0.05, 0.1) is 0 Å². The molecule has 5 nitrogen and oxygen atoms in total. The topological polar surface area (TPSA) is 56.7 Å². The van der Waals surface area contributed by atoms with Crippen LogP contribution in [0.5, 0.6) is 0 Å². The highest BCUT2D eigenvalue weighted by atomic mass is 16.2. The summed E-state index contributed by atoms with van der Waals surface area (Å²) in [4.78, 5) is 18.3. The van der Waals surface area contributed by atoms with E-state index in [1.54, 1.807) is 7.05 Å². The van der Waals surface area contributed by atoms with Gasteiger partial charge in [0.15, 0.2) is 5.96 Å². The average molecular weight is 325 g/mol. The van der Waals surface area contributed by atoms with E-state index in [0.717, 1.165) is 32.0 Å². The van der Waals surface area contributed by atoms with Crippen molar-refractivity contribution in [1.82, 2.24) is 15.5 Å². The second kappa shape index (κ2) is 8.55. The van der Waals surface area contributed by atoms with Crippen LogP contribution in [0.3, 0.4) is 0 Å². The van der Waals surface area contributed by atoms with Crippen molar-refractivity contribution >= 4 is 11.9 Å². The number of guanidine groups is 1. The third-order valence-electron chi connectivity index (χ3n) is 4.25. The molecule has 1 amide bonds. The highest BCUT2D eigenvalue weighted by Gasteiger charge is 2.28. The molecule has 0 aliphatic carbocycles. The zero-order valence-corrected chi connectivity index (χ0v) is 16.1. The van der Waals surface area contributed by atoms with Crippen molar-refractivity contribution in [3.8, 4) is 0 Å². The number of nitrogens with zero attached hydrogens (tertiary/aromatic N) is 2. The molecule has 0 aromatic rings. The van der Waals surface area contributed by atoms with Gasteiger partial charge in [0.1, 0.15) is 0 Å². The van der Waals surface area contributed by atoms with Gasteiger partial charge in [-0.1, -0.05) is 41.5 Å². The summed E-state index contributed by atoms with van der Waals surface area (Å²) in [5, 5.41) is 6.90. The van der Waals surface area contributed by atoms with E-state index < -0.39 is 0 Å². The van der Waals surface area contributed by atoms with Crippen LogP contribution < -0.4 is 10.6 Å². The van der Waals surface area contributed by atoms with Crippen LogP contribution in [0.2, 0.25) is 0 Å². The van der Waals surface area contributed by atoms with Gasteiger partial charge in [-0.05, 0) is 24.2 Å². The fourth-order valence-electron chi connectivity index (χ4n) is 3.33. The van der Waals surface area contributed by atoms with Crippen molar-refractivity contribution in [1.29, 1.82) is 0 Å². The van der Waals surface area contributed by atoms with Crippen LogP contribution in [0.25, 0.3) is 0 Å². The number of carbonyl (C=O) groups excluding carboxylic acids is 1. The Hall–Kier alpha value is -1.26. The van der Waals surface area contributed by atoms with Crippen molar-refractivity contribution < 1.29 is 4.79 Å². The minimum absolute atomic E-state index is 0.0722. The monoisotopic (exact) mass is 324 g/mol. The average Bonchev–Trinajstić information content (AvgIpc) is 2.89. The molecular weight excluding hydrogens is 288 g/mol. The van der Waals surface area contributed by atoms with Crippen LogP contribution in [0.4, 0.5) is 0 Å². The maximum Gasteiger partial charge on any atom is 0.225 e. The van der Waals surface area contributed by atoms with E-state index in [9.17, 15) is 4.79 Å². The Labute approximate surface area is 142 Å². The third-order valence-corrected chi connectivity index (χ3v) is 4.25. The molecule has 1 unspecified atom stereocenters. The lowest BCUT2D eigenvalue weighted by molar-refractivity contribution is -0.133. The molecule has 0 saturated carbocycles. The van der Waals surface area contributed by atoms with E-state index in [0.29, 0.717) is 5.92 Å². The number of rotatable bonds is 6. The quantitative estimate of drug-likeness (QED) is 0.583. The van der Waals surface area contributed by atoms with E-state index in [1.807, 2.05) is 18.7 Å². The van der Waals surface area contributed by atoms with Crippen LogP contribution in [-0.4, -0.2) is 49.5 Å². The molecule has 0 bridgehead atoms. The Balaban J connectivity index is 2.45. The molecule has 23 heavy (non-hydrogen) atoms. The SMILES string of the molecule is CN=C(NCC(C)(C)CC(C)C)NC1CCN(C(=O)C(C)C)C1. The Morgan fingerprint density at radius 2 is 1.96 bits per heavy atom. The summed E-state index contributed by atoms with van der Waals surface area (Å²) in [6.07, 6.45) is 2.16. The fourth-order valence-corrected chi connectivity index (χ4v) is 3.33. The number of nitrogens with one attached hydrogen (secondary N) is 2. The maximum atomic E-state index is 12.1. The molecule has 1 fully saturated rings. The first kappa shape index (κ1) is 19.8. The zero-order chi connectivity index (χ0) is 17.6. The molecule has 1 atom stereocenters. The molecule has 0 aromatic heterocycles. The molecule has 1 aliphatic rings. The number of amides is 1. The molecule has 2 N–H and O–H groups in total. The summed E-state index contributed by atoms with van der Waals surface area (Å²) >= 11 is 0. The molecule has 1 rings (SSSR count). The Kier molecular flexibility index (Phi) is 7.36. The van der Waals surface area contributed by atoms with Crippen LogP contribution in [-0.2, 0) is 4.79 Å². The Morgan fingerprint density at radius 3 is 2.48 bits per heavy atom. The van der Waals surface area contributed by atoms with Crippen molar-refractivity contribution in [2.75, 3.05) is 26.7 Å². The van der Waals surface area contributed by atoms with Gasteiger partial charge in [0, 0.05) is 38.6 Å². The van der Waals surface area contributed by atoms with Crippen molar-refractivity contribution in [3.05, 3.63) is 0 Å². The van der Waals surface area contributed by atoms with E-state index in [2.05, 4.69) is 43.3 Å². The largest absolute Gasteiger partial charge is 0.356 e. The summed E-state index contributed by atoms with van der Waals surface area (Å²) in [5.74, 6) is 1.84. The van der Waals surface area contributed by atoms with Crippen molar-refractivity contribution in [2.45, 2.75) is 60.4 Å².